The van der Waals surface area contributed by atoms with Crippen LogP contribution in [0.3, 0.4) is 0 Å². The fraction of sp³-hybridized carbons (Fsp3) is 0.500. The summed E-state index contributed by atoms with van der Waals surface area (Å²) in [5.41, 5.74) is 5.52. The monoisotopic (exact) mass is 233 g/mol. The summed E-state index contributed by atoms with van der Waals surface area (Å²) < 4.78 is 2.19. The van der Waals surface area contributed by atoms with Gasteiger partial charge in [0, 0.05) is 18.6 Å². The largest absolute Gasteiger partial charge is 0.350 e. The van der Waals surface area contributed by atoms with Crippen LogP contribution in [-0.2, 0) is 7.05 Å². The van der Waals surface area contributed by atoms with Crippen molar-refractivity contribution in [3.8, 4) is 0 Å². The number of rotatable bonds is 0. The summed E-state index contributed by atoms with van der Waals surface area (Å²) in [6.45, 7) is 14.5. The number of hydrogen-bond donors (Lipinski definition) is 0. The molecule has 1 aromatic carbocycles. The topological polar surface area (TPSA) is 4.93 Å². The quantitative estimate of drug-likeness (QED) is 0.592. The van der Waals surface area contributed by atoms with Crippen LogP contribution in [0.4, 0.5) is 0 Å². The summed E-state index contributed by atoms with van der Waals surface area (Å²) in [6, 6.07) is 4.46. The number of nitrogens with zero attached hydrogens (tertiary/aromatic N) is 1. The van der Waals surface area contributed by atoms with E-state index < -0.39 is 0 Å². The molecule has 0 radical (unpaired) electrons. The molecule has 1 nitrogen and oxygen atoms in total. The van der Waals surface area contributed by atoms with E-state index in [9.17, 15) is 0 Å². The highest BCUT2D eigenvalue weighted by molar-refractivity contribution is 5.87. The van der Waals surface area contributed by atoms with E-state index in [0.29, 0.717) is 0 Å². The maximum absolute atomic E-state index is 2.26. The molecule has 0 N–H and O–H groups in total. The Balaban J connectivity index is 0.000000581. The Morgan fingerprint density at radius 1 is 0.882 bits per heavy atom. The average molecular weight is 233 g/mol. The molecule has 0 unspecified atom stereocenters. The molecule has 0 aliphatic heterocycles. The molecule has 2 rings (SSSR count). The van der Waals surface area contributed by atoms with Crippen LogP contribution in [0.1, 0.15) is 44.4 Å². The molecule has 0 saturated heterocycles. The molecule has 0 amide bonds. The van der Waals surface area contributed by atoms with Gasteiger partial charge in [0.05, 0.1) is 5.52 Å². The molecule has 0 bridgehead atoms. The number of aromatic nitrogens is 1. The molecule has 1 heterocycles. The van der Waals surface area contributed by atoms with Crippen LogP contribution in [0.25, 0.3) is 10.9 Å². The second kappa shape index (κ2) is 7.16. The first-order valence-corrected chi connectivity index (χ1v) is 6.63. The van der Waals surface area contributed by atoms with Crippen molar-refractivity contribution in [1.82, 2.24) is 4.57 Å². The predicted molar refractivity (Wildman–Crippen MR) is 79.8 cm³/mol. The SMILES string of the molecule is CC.CC.Cc1cc(C)c2c(ccn2C)c1C. The van der Waals surface area contributed by atoms with Crippen LogP contribution in [0, 0.1) is 20.8 Å². The lowest BCUT2D eigenvalue weighted by atomic mass is 10.0. The Morgan fingerprint density at radius 2 is 1.41 bits per heavy atom. The van der Waals surface area contributed by atoms with Crippen molar-refractivity contribution in [2.45, 2.75) is 48.5 Å². The molecule has 0 aliphatic carbocycles. The zero-order valence-electron chi connectivity index (χ0n) is 12.7. The minimum Gasteiger partial charge on any atom is -0.350 e. The molecular formula is C16H27N. The minimum atomic E-state index is 1.36. The fourth-order valence-corrected chi connectivity index (χ4v) is 2.04. The van der Waals surface area contributed by atoms with Gasteiger partial charge in [0.15, 0.2) is 0 Å². The van der Waals surface area contributed by atoms with E-state index >= 15 is 0 Å². The third-order valence-corrected chi connectivity index (χ3v) is 2.87. The Bertz CT molecular complexity index is 464. The van der Waals surface area contributed by atoms with E-state index in [1.807, 2.05) is 27.7 Å². The van der Waals surface area contributed by atoms with Crippen molar-refractivity contribution in [1.29, 1.82) is 0 Å². The van der Waals surface area contributed by atoms with E-state index in [1.165, 1.54) is 27.6 Å². The Labute approximate surface area is 106 Å². The van der Waals surface area contributed by atoms with Gasteiger partial charge in [0.2, 0.25) is 0 Å². The standard InChI is InChI=1S/C12H15N.2C2H6/c1-8-7-9(2)12-11(10(8)3)5-6-13(12)4;2*1-2/h5-7H,1-4H3;2*1-2H3. The second-order valence-electron chi connectivity index (χ2n) is 3.82. The average Bonchev–Trinajstić information content (AvgIpc) is 2.74. The number of hydrogen-bond acceptors (Lipinski definition) is 0. The fourth-order valence-electron chi connectivity index (χ4n) is 2.04. The highest BCUT2D eigenvalue weighted by atomic mass is 14.9. The van der Waals surface area contributed by atoms with Gasteiger partial charge in [-0.3, -0.25) is 0 Å². The van der Waals surface area contributed by atoms with Gasteiger partial charge < -0.3 is 4.57 Å². The highest BCUT2D eigenvalue weighted by Gasteiger charge is 2.06. The summed E-state index contributed by atoms with van der Waals surface area (Å²) in [4.78, 5) is 0. The van der Waals surface area contributed by atoms with E-state index in [-0.39, 0.29) is 0 Å². The molecule has 96 valence electrons. The van der Waals surface area contributed by atoms with E-state index in [2.05, 4.69) is 50.7 Å². The van der Waals surface area contributed by atoms with Gasteiger partial charge in [0.25, 0.3) is 0 Å². The number of aryl methyl sites for hydroxylation is 4. The van der Waals surface area contributed by atoms with Gasteiger partial charge in [-0.05, 0) is 43.5 Å². The third-order valence-electron chi connectivity index (χ3n) is 2.87. The molecule has 0 aliphatic rings. The summed E-state index contributed by atoms with van der Waals surface area (Å²) in [5.74, 6) is 0. The maximum atomic E-state index is 2.26. The van der Waals surface area contributed by atoms with Crippen LogP contribution < -0.4 is 0 Å². The molecule has 1 heteroatoms. The number of benzene rings is 1. The van der Waals surface area contributed by atoms with E-state index in [4.69, 9.17) is 0 Å². The lowest BCUT2D eigenvalue weighted by Gasteiger charge is -2.06. The smallest absolute Gasteiger partial charge is 0.0510 e. The van der Waals surface area contributed by atoms with Crippen molar-refractivity contribution < 1.29 is 0 Å². The lowest BCUT2D eigenvalue weighted by molar-refractivity contribution is 0.963. The Hall–Kier alpha value is -1.24. The second-order valence-corrected chi connectivity index (χ2v) is 3.82. The molecule has 17 heavy (non-hydrogen) atoms. The summed E-state index contributed by atoms with van der Waals surface area (Å²) in [7, 11) is 2.10. The van der Waals surface area contributed by atoms with Gasteiger partial charge in [-0.2, -0.15) is 0 Å². The third kappa shape index (κ3) is 3.12. The molecule has 0 atom stereocenters. The van der Waals surface area contributed by atoms with Crippen LogP contribution >= 0.6 is 0 Å². The lowest BCUT2D eigenvalue weighted by Crippen LogP contribution is -1.90. The van der Waals surface area contributed by atoms with Crippen molar-refractivity contribution in [2.24, 2.45) is 7.05 Å². The minimum absolute atomic E-state index is 1.36. The molecule has 0 saturated carbocycles. The number of fused-ring (bicyclic) bond motifs is 1. The van der Waals surface area contributed by atoms with Crippen LogP contribution in [-0.4, -0.2) is 4.57 Å². The van der Waals surface area contributed by atoms with Crippen molar-refractivity contribution in [3.05, 3.63) is 35.0 Å². The summed E-state index contributed by atoms with van der Waals surface area (Å²) in [6.07, 6.45) is 2.13. The van der Waals surface area contributed by atoms with Gasteiger partial charge in [-0.25, -0.2) is 0 Å². The molecule has 0 fully saturated rings. The van der Waals surface area contributed by atoms with Crippen molar-refractivity contribution >= 4 is 10.9 Å². The molecule has 2 aromatic rings. The first kappa shape index (κ1) is 15.8. The van der Waals surface area contributed by atoms with E-state index in [0.717, 1.165) is 0 Å². The summed E-state index contributed by atoms with van der Waals surface area (Å²) in [5, 5.41) is 1.39. The summed E-state index contributed by atoms with van der Waals surface area (Å²) >= 11 is 0. The first-order chi connectivity index (χ1) is 8.11. The van der Waals surface area contributed by atoms with Crippen molar-refractivity contribution in [3.63, 3.8) is 0 Å². The Morgan fingerprint density at radius 3 is 1.94 bits per heavy atom. The van der Waals surface area contributed by atoms with Crippen LogP contribution in [0.15, 0.2) is 18.3 Å². The van der Waals surface area contributed by atoms with Gasteiger partial charge in [-0.1, -0.05) is 33.8 Å². The molecule has 0 spiro atoms. The predicted octanol–water partition coefficient (Wildman–Crippen LogP) is 5.16. The van der Waals surface area contributed by atoms with Gasteiger partial charge in [0.1, 0.15) is 0 Å². The zero-order valence-corrected chi connectivity index (χ0v) is 12.7. The zero-order chi connectivity index (χ0) is 13.6. The Kier molecular flexibility index (Phi) is 6.64. The molecular weight excluding hydrogens is 206 g/mol. The van der Waals surface area contributed by atoms with Crippen LogP contribution in [0.5, 0.6) is 0 Å². The molecule has 1 aromatic heterocycles. The van der Waals surface area contributed by atoms with Gasteiger partial charge in [-0.15, -0.1) is 0 Å². The normalized spacial score (nSPS) is 9.18. The van der Waals surface area contributed by atoms with Crippen LogP contribution in [0.2, 0.25) is 0 Å². The maximum Gasteiger partial charge on any atom is 0.0510 e. The highest BCUT2D eigenvalue weighted by Crippen LogP contribution is 2.25. The van der Waals surface area contributed by atoms with Gasteiger partial charge >= 0.3 is 0 Å². The van der Waals surface area contributed by atoms with E-state index in [1.54, 1.807) is 0 Å². The van der Waals surface area contributed by atoms with Crippen molar-refractivity contribution in [2.75, 3.05) is 0 Å². The first-order valence-electron chi connectivity index (χ1n) is 6.63.